The minimum absolute atomic E-state index is 0.138. The summed E-state index contributed by atoms with van der Waals surface area (Å²) in [7, 11) is 0. The number of nitriles is 1. The Morgan fingerprint density at radius 3 is 1.31 bits per heavy atom. The maximum atomic E-state index is 14.7. The lowest BCUT2D eigenvalue weighted by atomic mass is 9.79. The molecule has 7 aromatic carbocycles. The van der Waals surface area contributed by atoms with Crippen LogP contribution in [0.25, 0.3) is 0 Å². The summed E-state index contributed by atoms with van der Waals surface area (Å²) in [5.41, 5.74) is 1.40. The second-order valence-electron chi connectivity index (χ2n) is 18.6. The molecule has 3 fully saturated rings. The lowest BCUT2D eigenvalue weighted by Crippen LogP contribution is -2.66. The molecule has 15 heteroatoms. The van der Waals surface area contributed by atoms with Crippen molar-refractivity contribution >= 4 is 23.9 Å². The first-order chi connectivity index (χ1) is 37.5. The highest BCUT2D eigenvalue weighted by atomic mass is 16.8. The first-order valence-corrected chi connectivity index (χ1v) is 25.1. The summed E-state index contributed by atoms with van der Waals surface area (Å²) in [5, 5.41) is 10.3. The molecule has 0 aromatic heterocycles. The number of carbonyl (C=O) groups is 4. The van der Waals surface area contributed by atoms with Crippen LogP contribution < -0.4 is 0 Å². The average molecular weight is 1040 g/mol. The fraction of sp³-hybridized carbons (Fsp3) is 0.242. The molecular formula is C62H53NO14. The number of rotatable bonds is 16. The van der Waals surface area contributed by atoms with E-state index in [-0.39, 0.29) is 22.3 Å². The Kier molecular flexibility index (Phi) is 15.8. The predicted octanol–water partition coefficient (Wildman–Crippen LogP) is 9.41. The third kappa shape index (κ3) is 11.3. The second kappa shape index (κ2) is 23.3. The maximum absolute atomic E-state index is 14.7. The molecule has 0 amide bonds. The van der Waals surface area contributed by atoms with E-state index in [9.17, 15) is 24.4 Å². The second-order valence-corrected chi connectivity index (χ2v) is 18.6. The van der Waals surface area contributed by atoms with Crippen LogP contribution in [0.15, 0.2) is 212 Å². The van der Waals surface area contributed by atoms with Crippen LogP contribution in [0, 0.1) is 11.3 Å². The zero-order valence-corrected chi connectivity index (χ0v) is 41.9. The molecule has 77 heavy (non-hydrogen) atoms. The number of hydrogen-bond donors (Lipinski definition) is 0. The number of nitrogens with zero attached hydrogens (tertiary/aromatic N) is 1. The molecule has 11 atom stereocenters. The quantitative estimate of drug-likeness (QED) is 0.0506. The van der Waals surface area contributed by atoms with E-state index in [1.807, 2.05) is 97.1 Å². The molecule has 0 aliphatic carbocycles. The Morgan fingerprint density at radius 2 is 0.883 bits per heavy atom. The van der Waals surface area contributed by atoms with Gasteiger partial charge in [0.15, 0.2) is 37.0 Å². The van der Waals surface area contributed by atoms with Crippen LogP contribution in [0.3, 0.4) is 0 Å². The van der Waals surface area contributed by atoms with Crippen molar-refractivity contribution in [3.05, 3.63) is 251 Å². The fourth-order valence-corrected chi connectivity index (χ4v) is 9.79. The molecule has 0 spiro atoms. The standard InChI is InChI=1S/C62H53NO14/c1-40-49(76-62(45-32-18-7-19-33-45,46-34-20-8-21-35-46)47-36-22-9-23-37-47)51(71-56(65)42-26-12-4-13-27-42)53(73-58(67)44-30-16-6-17-31-44)59(69-40)74-50-48(38-68-55(64)41-24-10-3-11-25-41)70-60-54(75-61(2,39-63)77-60)52(50)72-57(66)43-28-14-5-15-29-43/h3-37,40,48-54,59-60H,38H2,1-2H3/t40-,48+,49-,50+,51+,52-,53+,54-,59-,60-,61+/m0/s1. The zero-order chi connectivity index (χ0) is 53.4. The minimum Gasteiger partial charge on any atom is -0.459 e. The van der Waals surface area contributed by atoms with E-state index < -0.39 is 103 Å². The Hall–Kier alpha value is -8.33. The van der Waals surface area contributed by atoms with Crippen LogP contribution in [0.4, 0.5) is 0 Å². The molecule has 10 rings (SSSR count). The molecule has 3 heterocycles. The van der Waals surface area contributed by atoms with Crippen LogP contribution in [-0.2, 0) is 53.0 Å². The number of fused-ring (bicyclic) bond motifs is 1. The Labute approximate surface area is 444 Å². The maximum Gasteiger partial charge on any atom is 0.338 e. The molecule has 15 nitrogen and oxygen atoms in total. The van der Waals surface area contributed by atoms with Gasteiger partial charge in [-0.05, 0) is 72.1 Å². The fourth-order valence-electron chi connectivity index (χ4n) is 9.79. The predicted molar refractivity (Wildman–Crippen MR) is 276 cm³/mol. The van der Waals surface area contributed by atoms with Crippen molar-refractivity contribution in [2.24, 2.45) is 0 Å². The topological polar surface area (TPSA) is 184 Å². The van der Waals surface area contributed by atoms with Crippen LogP contribution >= 0.6 is 0 Å². The first kappa shape index (κ1) is 52.1. The van der Waals surface area contributed by atoms with Crippen LogP contribution in [0.2, 0.25) is 0 Å². The number of benzene rings is 7. The highest BCUT2D eigenvalue weighted by Gasteiger charge is 2.61. The lowest BCUT2D eigenvalue weighted by molar-refractivity contribution is -0.346. The molecule has 3 saturated heterocycles. The van der Waals surface area contributed by atoms with Crippen molar-refractivity contribution in [1.82, 2.24) is 0 Å². The van der Waals surface area contributed by atoms with E-state index in [0.29, 0.717) is 16.7 Å². The molecule has 390 valence electrons. The van der Waals surface area contributed by atoms with Crippen molar-refractivity contribution in [2.75, 3.05) is 6.61 Å². The summed E-state index contributed by atoms with van der Waals surface area (Å²) in [6.45, 7) is 2.55. The number of hydrogen-bond acceptors (Lipinski definition) is 15. The van der Waals surface area contributed by atoms with E-state index in [4.69, 9.17) is 47.4 Å². The summed E-state index contributed by atoms with van der Waals surface area (Å²) >= 11 is 0. The van der Waals surface area contributed by atoms with E-state index in [1.54, 1.807) is 128 Å². The Bertz CT molecular complexity index is 3050. The average Bonchev–Trinajstić information content (AvgIpc) is 3.95. The van der Waals surface area contributed by atoms with Crippen molar-refractivity contribution in [2.45, 2.75) is 86.6 Å². The monoisotopic (exact) mass is 1040 g/mol. The van der Waals surface area contributed by atoms with Gasteiger partial charge >= 0.3 is 23.9 Å². The van der Waals surface area contributed by atoms with E-state index in [0.717, 1.165) is 0 Å². The highest BCUT2D eigenvalue weighted by Crippen LogP contribution is 2.46. The smallest absolute Gasteiger partial charge is 0.338 e. The molecule has 0 radical (unpaired) electrons. The number of ether oxygens (including phenoxy) is 10. The third-order valence-electron chi connectivity index (χ3n) is 13.5. The van der Waals surface area contributed by atoms with Gasteiger partial charge in [-0.1, -0.05) is 164 Å². The molecule has 3 aliphatic rings. The van der Waals surface area contributed by atoms with Crippen LogP contribution in [0.5, 0.6) is 0 Å². The van der Waals surface area contributed by atoms with Gasteiger partial charge in [-0.3, -0.25) is 0 Å². The van der Waals surface area contributed by atoms with Crippen molar-refractivity contribution in [3.63, 3.8) is 0 Å². The van der Waals surface area contributed by atoms with E-state index in [1.165, 1.54) is 6.92 Å². The molecule has 0 bridgehead atoms. The molecular weight excluding hydrogens is 983 g/mol. The van der Waals surface area contributed by atoms with Gasteiger partial charge in [0, 0.05) is 6.92 Å². The van der Waals surface area contributed by atoms with Gasteiger partial charge in [0.2, 0.25) is 0 Å². The Morgan fingerprint density at radius 1 is 0.494 bits per heavy atom. The number of esters is 4. The van der Waals surface area contributed by atoms with Crippen molar-refractivity contribution in [3.8, 4) is 6.07 Å². The van der Waals surface area contributed by atoms with Crippen LogP contribution in [0.1, 0.15) is 72.0 Å². The van der Waals surface area contributed by atoms with Crippen molar-refractivity contribution < 1.29 is 66.5 Å². The summed E-state index contributed by atoms with van der Waals surface area (Å²) in [5.74, 6) is -5.08. The largest absolute Gasteiger partial charge is 0.459 e. The summed E-state index contributed by atoms with van der Waals surface area (Å²) in [6, 6.07) is 63.5. The van der Waals surface area contributed by atoms with E-state index in [2.05, 4.69) is 0 Å². The molecule has 7 aromatic rings. The molecule has 0 N–H and O–H groups in total. The SMILES string of the molecule is C[C@@H]1O[C@@H](O[C@H]2[C@H](OC(=O)c3ccccc3)[C@@H]3O[C@@](C)(C#N)O[C@@H]3O[C@@H]2COC(=O)c2ccccc2)[C@H](OC(=O)c2ccccc2)[C@H](OC(=O)c2ccccc2)[C@H]1OC(c1ccccc1)(c1ccccc1)c1ccccc1. The zero-order valence-electron chi connectivity index (χ0n) is 41.9. The number of carbonyl (C=O) groups excluding carboxylic acids is 4. The normalized spacial score (nSPS) is 25.7. The van der Waals surface area contributed by atoms with Gasteiger partial charge in [-0.15, -0.1) is 0 Å². The van der Waals surface area contributed by atoms with Gasteiger partial charge < -0.3 is 47.4 Å². The summed E-state index contributed by atoms with van der Waals surface area (Å²) in [6.07, 6.45) is -14.4. The van der Waals surface area contributed by atoms with Crippen LogP contribution in [-0.4, -0.2) is 97.7 Å². The summed E-state index contributed by atoms with van der Waals surface area (Å²) in [4.78, 5) is 57.2. The molecule has 0 saturated carbocycles. The van der Waals surface area contributed by atoms with Gasteiger partial charge in [0.1, 0.15) is 36.6 Å². The van der Waals surface area contributed by atoms with E-state index >= 15 is 0 Å². The molecule has 0 unspecified atom stereocenters. The lowest BCUT2D eigenvalue weighted by Gasteiger charge is -2.50. The first-order valence-electron chi connectivity index (χ1n) is 25.1. The third-order valence-corrected chi connectivity index (χ3v) is 13.5. The van der Waals surface area contributed by atoms with Gasteiger partial charge in [0.25, 0.3) is 5.79 Å². The highest BCUT2D eigenvalue weighted by molar-refractivity contribution is 5.91. The van der Waals surface area contributed by atoms with Crippen molar-refractivity contribution in [1.29, 1.82) is 5.26 Å². The minimum atomic E-state index is -1.90. The Balaban J connectivity index is 1.12. The van der Waals surface area contributed by atoms with Gasteiger partial charge in [0.05, 0.1) is 28.4 Å². The molecule has 3 aliphatic heterocycles. The van der Waals surface area contributed by atoms with Gasteiger partial charge in [-0.2, -0.15) is 5.26 Å². The summed E-state index contributed by atoms with van der Waals surface area (Å²) < 4.78 is 65.7. The van der Waals surface area contributed by atoms with Gasteiger partial charge in [-0.25, -0.2) is 19.2 Å².